The molecule has 1 saturated heterocycles. The van der Waals surface area contributed by atoms with Crippen LogP contribution in [0.1, 0.15) is 46.5 Å². The summed E-state index contributed by atoms with van der Waals surface area (Å²) in [6.45, 7) is 10.0. The van der Waals surface area contributed by atoms with Gasteiger partial charge in [0.2, 0.25) is 0 Å². The number of nitrogens with zero attached hydrogens (tertiary/aromatic N) is 1. The van der Waals surface area contributed by atoms with Crippen molar-refractivity contribution in [1.29, 1.82) is 0 Å². The maximum absolute atomic E-state index is 5.76. The number of ether oxygens (including phenoxy) is 1. The van der Waals surface area contributed by atoms with Gasteiger partial charge in [0.15, 0.2) is 0 Å². The van der Waals surface area contributed by atoms with E-state index in [1.165, 1.54) is 38.8 Å². The Morgan fingerprint density at radius 2 is 2.12 bits per heavy atom. The molecule has 0 radical (unpaired) electrons. The fraction of sp³-hybridized carbons (Fsp3) is 1.00. The van der Waals surface area contributed by atoms with E-state index in [9.17, 15) is 0 Å². The standard InChI is InChI=1S/C14H30N2O/c1-12-10-13(17-4)6-9-16(12)8-5-7-14(2,3)11-15/h12-13H,5-11,15H2,1-4H3. The van der Waals surface area contributed by atoms with Crippen LogP contribution in [0, 0.1) is 5.41 Å². The Kier molecular flexibility index (Phi) is 5.90. The van der Waals surface area contributed by atoms with E-state index in [-0.39, 0.29) is 0 Å². The van der Waals surface area contributed by atoms with Gasteiger partial charge in [-0.25, -0.2) is 0 Å². The van der Waals surface area contributed by atoms with Crippen LogP contribution in [-0.4, -0.2) is 43.8 Å². The normalized spacial score (nSPS) is 27.4. The summed E-state index contributed by atoms with van der Waals surface area (Å²) in [4.78, 5) is 2.60. The highest BCUT2D eigenvalue weighted by atomic mass is 16.5. The molecule has 2 unspecified atom stereocenters. The fourth-order valence-electron chi connectivity index (χ4n) is 2.59. The molecule has 0 saturated carbocycles. The van der Waals surface area contributed by atoms with Crippen LogP contribution >= 0.6 is 0 Å². The second kappa shape index (κ2) is 6.72. The molecule has 3 nitrogen and oxygen atoms in total. The SMILES string of the molecule is COC1CCN(CCCC(C)(C)CN)C(C)C1. The van der Waals surface area contributed by atoms with Crippen LogP contribution in [0.3, 0.4) is 0 Å². The highest BCUT2D eigenvalue weighted by Gasteiger charge is 2.25. The third-order valence-corrected chi connectivity index (χ3v) is 4.15. The maximum atomic E-state index is 5.76. The van der Waals surface area contributed by atoms with Crippen LogP contribution in [0.25, 0.3) is 0 Å². The average molecular weight is 242 g/mol. The third-order valence-electron chi connectivity index (χ3n) is 4.15. The largest absolute Gasteiger partial charge is 0.381 e. The van der Waals surface area contributed by atoms with Gasteiger partial charge in [-0.05, 0) is 51.1 Å². The lowest BCUT2D eigenvalue weighted by Crippen LogP contribution is -2.43. The molecule has 0 aromatic rings. The topological polar surface area (TPSA) is 38.5 Å². The summed E-state index contributed by atoms with van der Waals surface area (Å²) in [6, 6.07) is 0.662. The van der Waals surface area contributed by atoms with Crippen molar-refractivity contribution in [2.45, 2.75) is 58.6 Å². The van der Waals surface area contributed by atoms with E-state index < -0.39 is 0 Å². The summed E-state index contributed by atoms with van der Waals surface area (Å²) in [5.74, 6) is 0. The van der Waals surface area contributed by atoms with E-state index in [1.807, 2.05) is 7.11 Å². The van der Waals surface area contributed by atoms with Gasteiger partial charge in [0.25, 0.3) is 0 Å². The van der Waals surface area contributed by atoms with E-state index in [0.717, 1.165) is 6.54 Å². The molecule has 1 aliphatic heterocycles. The minimum absolute atomic E-state index is 0.300. The van der Waals surface area contributed by atoms with Gasteiger partial charge in [0.05, 0.1) is 6.10 Å². The first kappa shape index (κ1) is 14.9. The molecule has 1 aliphatic rings. The molecular formula is C14H30N2O. The first-order chi connectivity index (χ1) is 7.98. The Labute approximate surface area is 107 Å². The molecule has 0 aromatic heterocycles. The zero-order valence-electron chi connectivity index (χ0n) is 12.0. The van der Waals surface area contributed by atoms with Crippen molar-refractivity contribution in [2.24, 2.45) is 11.1 Å². The summed E-state index contributed by atoms with van der Waals surface area (Å²) in [5, 5.41) is 0. The Bertz CT molecular complexity index is 218. The molecular weight excluding hydrogens is 212 g/mol. The third kappa shape index (κ3) is 4.94. The van der Waals surface area contributed by atoms with E-state index >= 15 is 0 Å². The van der Waals surface area contributed by atoms with E-state index in [2.05, 4.69) is 25.7 Å². The minimum Gasteiger partial charge on any atom is -0.381 e. The molecule has 0 bridgehead atoms. The van der Waals surface area contributed by atoms with Crippen molar-refractivity contribution in [2.75, 3.05) is 26.7 Å². The van der Waals surface area contributed by atoms with E-state index in [1.54, 1.807) is 0 Å². The van der Waals surface area contributed by atoms with Gasteiger partial charge in [-0.3, -0.25) is 0 Å². The fourth-order valence-corrected chi connectivity index (χ4v) is 2.59. The molecule has 1 fully saturated rings. The molecule has 2 N–H and O–H groups in total. The number of nitrogens with two attached hydrogens (primary N) is 1. The van der Waals surface area contributed by atoms with Crippen LogP contribution in [0.5, 0.6) is 0 Å². The lowest BCUT2D eigenvalue weighted by atomic mass is 9.88. The Morgan fingerprint density at radius 1 is 1.41 bits per heavy atom. The van der Waals surface area contributed by atoms with Gasteiger partial charge < -0.3 is 15.4 Å². The Balaban J connectivity index is 2.24. The van der Waals surface area contributed by atoms with Gasteiger partial charge >= 0.3 is 0 Å². The van der Waals surface area contributed by atoms with Gasteiger partial charge in [0, 0.05) is 19.7 Å². The zero-order chi connectivity index (χ0) is 12.9. The molecule has 3 heteroatoms. The quantitative estimate of drug-likeness (QED) is 0.776. The lowest BCUT2D eigenvalue weighted by Gasteiger charge is -2.37. The highest BCUT2D eigenvalue weighted by molar-refractivity contribution is 4.80. The van der Waals surface area contributed by atoms with Crippen LogP contribution in [0.15, 0.2) is 0 Å². The van der Waals surface area contributed by atoms with Crippen molar-refractivity contribution < 1.29 is 4.74 Å². The van der Waals surface area contributed by atoms with Gasteiger partial charge in [-0.1, -0.05) is 13.8 Å². The van der Waals surface area contributed by atoms with Gasteiger partial charge in [0.1, 0.15) is 0 Å². The lowest BCUT2D eigenvalue weighted by molar-refractivity contribution is 0.0147. The summed E-state index contributed by atoms with van der Waals surface area (Å²) in [6.07, 6.45) is 5.31. The number of piperidine rings is 1. The van der Waals surface area contributed by atoms with Crippen molar-refractivity contribution in [3.63, 3.8) is 0 Å². The van der Waals surface area contributed by atoms with Crippen LogP contribution in [0.4, 0.5) is 0 Å². The first-order valence-electron chi connectivity index (χ1n) is 6.95. The maximum Gasteiger partial charge on any atom is 0.0598 e. The highest BCUT2D eigenvalue weighted by Crippen LogP contribution is 2.23. The zero-order valence-corrected chi connectivity index (χ0v) is 12.0. The predicted molar refractivity (Wildman–Crippen MR) is 73.1 cm³/mol. The minimum atomic E-state index is 0.300. The molecule has 0 aromatic carbocycles. The van der Waals surface area contributed by atoms with Crippen molar-refractivity contribution in [3.05, 3.63) is 0 Å². The van der Waals surface area contributed by atoms with Crippen molar-refractivity contribution >= 4 is 0 Å². The van der Waals surface area contributed by atoms with Crippen molar-refractivity contribution in [1.82, 2.24) is 4.90 Å². The second-order valence-electron chi connectivity index (χ2n) is 6.24. The van der Waals surface area contributed by atoms with E-state index in [4.69, 9.17) is 10.5 Å². The van der Waals surface area contributed by atoms with E-state index in [0.29, 0.717) is 17.6 Å². The molecule has 0 spiro atoms. The molecule has 1 heterocycles. The molecule has 0 aliphatic carbocycles. The first-order valence-corrected chi connectivity index (χ1v) is 6.95. The molecule has 102 valence electrons. The number of rotatable bonds is 6. The van der Waals surface area contributed by atoms with Gasteiger partial charge in [-0.2, -0.15) is 0 Å². The summed E-state index contributed by atoms with van der Waals surface area (Å²) in [5.41, 5.74) is 6.06. The van der Waals surface area contributed by atoms with Crippen LogP contribution in [-0.2, 0) is 4.74 Å². The summed E-state index contributed by atoms with van der Waals surface area (Å²) >= 11 is 0. The Morgan fingerprint density at radius 3 is 2.65 bits per heavy atom. The number of hydrogen-bond acceptors (Lipinski definition) is 3. The number of likely N-dealkylation sites (tertiary alicyclic amines) is 1. The summed E-state index contributed by atoms with van der Waals surface area (Å²) < 4.78 is 5.44. The molecule has 1 rings (SSSR count). The number of methoxy groups -OCH3 is 1. The average Bonchev–Trinajstić information content (AvgIpc) is 2.31. The molecule has 17 heavy (non-hydrogen) atoms. The van der Waals surface area contributed by atoms with Crippen LogP contribution in [0.2, 0.25) is 0 Å². The van der Waals surface area contributed by atoms with Gasteiger partial charge in [-0.15, -0.1) is 0 Å². The second-order valence-corrected chi connectivity index (χ2v) is 6.24. The molecule has 2 atom stereocenters. The monoisotopic (exact) mass is 242 g/mol. The number of hydrogen-bond donors (Lipinski definition) is 1. The van der Waals surface area contributed by atoms with Crippen LogP contribution < -0.4 is 5.73 Å². The Hall–Kier alpha value is -0.120. The molecule has 0 amide bonds. The smallest absolute Gasteiger partial charge is 0.0598 e. The van der Waals surface area contributed by atoms with Crippen molar-refractivity contribution in [3.8, 4) is 0 Å². The predicted octanol–water partition coefficient (Wildman–Crippen LogP) is 2.25. The summed E-state index contributed by atoms with van der Waals surface area (Å²) in [7, 11) is 1.83.